The van der Waals surface area contributed by atoms with Gasteiger partial charge in [-0.05, 0) is 48.9 Å². The predicted octanol–water partition coefficient (Wildman–Crippen LogP) is 4.13. The van der Waals surface area contributed by atoms with Gasteiger partial charge in [0.2, 0.25) is 0 Å². The monoisotopic (exact) mass is 353 g/mol. The first-order valence-electron chi connectivity index (χ1n) is 7.63. The van der Waals surface area contributed by atoms with Crippen molar-refractivity contribution in [2.24, 2.45) is 0 Å². The van der Waals surface area contributed by atoms with E-state index in [0.29, 0.717) is 23.1 Å². The van der Waals surface area contributed by atoms with E-state index in [1.54, 1.807) is 41.2 Å². The second-order valence-corrected chi connectivity index (χ2v) is 5.51. The lowest BCUT2D eigenvalue weighted by atomic mass is 10.1. The van der Waals surface area contributed by atoms with E-state index in [4.69, 9.17) is 5.26 Å². The highest BCUT2D eigenvalue weighted by atomic mass is 19.3. The van der Waals surface area contributed by atoms with Crippen molar-refractivity contribution in [3.63, 3.8) is 0 Å². The summed E-state index contributed by atoms with van der Waals surface area (Å²) in [4.78, 5) is 11.0. The molecule has 130 valence electrons. The van der Waals surface area contributed by atoms with E-state index in [9.17, 15) is 13.6 Å². The number of ether oxygens (including phenoxy) is 1. The Morgan fingerprint density at radius 2 is 1.96 bits per heavy atom. The summed E-state index contributed by atoms with van der Waals surface area (Å²) in [7, 11) is 0. The maximum absolute atomic E-state index is 12.6. The highest BCUT2D eigenvalue weighted by molar-refractivity contribution is 5.81. The van der Waals surface area contributed by atoms with Gasteiger partial charge in [0.1, 0.15) is 5.75 Å². The van der Waals surface area contributed by atoms with Crippen LogP contribution in [0.2, 0.25) is 0 Å². The normalized spacial score (nSPS) is 10.6. The number of rotatable bonds is 5. The molecular formula is C19H13F2N3O2. The molecule has 0 amide bonds. The predicted molar refractivity (Wildman–Crippen MR) is 90.5 cm³/mol. The molecule has 2 aromatic carbocycles. The number of nitrogens with zero attached hydrogens (tertiary/aromatic N) is 3. The van der Waals surface area contributed by atoms with E-state index in [1.807, 2.05) is 13.0 Å². The van der Waals surface area contributed by atoms with Crippen molar-refractivity contribution in [2.75, 3.05) is 0 Å². The van der Waals surface area contributed by atoms with E-state index < -0.39 is 6.61 Å². The van der Waals surface area contributed by atoms with Crippen LogP contribution in [0.5, 0.6) is 5.75 Å². The van der Waals surface area contributed by atoms with E-state index in [2.05, 4.69) is 9.84 Å². The van der Waals surface area contributed by atoms with Crippen molar-refractivity contribution in [3.05, 3.63) is 65.4 Å². The van der Waals surface area contributed by atoms with Crippen molar-refractivity contribution in [2.45, 2.75) is 13.5 Å². The molecule has 3 aromatic rings. The fourth-order valence-electron chi connectivity index (χ4n) is 2.54. The molecule has 5 nitrogen and oxygen atoms in total. The van der Waals surface area contributed by atoms with Crippen LogP contribution in [-0.4, -0.2) is 22.7 Å². The zero-order chi connectivity index (χ0) is 18.7. The fraction of sp³-hybridized carbons (Fsp3) is 0.105. The van der Waals surface area contributed by atoms with Crippen molar-refractivity contribution < 1.29 is 18.3 Å². The lowest BCUT2D eigenvalue weighted by Crippen LogP contribution is -2.04. The summed E-state index contributed by atoms with van der Waals surface area (Å²) in [6.45, 7) is -1.19. The van der Waals surface area contributed by atoms with Gasteiger partial charge >= 0.3 is 6.61 Å². The van der Waals surface area contributed by atoms with Crippen LogP contribution in [0.25, 0.3) is 16.9 Å². The molecule has 3 rings (SSSR count). The first-order chi connectivity index (χ1) is 12.5. The van der Waals surface area contributed by atoms with Crippen molar-refractivity contribution in [3.8, 4) is 28.8 Å². The summed E-state index contributed by atoms with van der Waals surface area (Å²) in [5.74, 6) is -0.195. The molecule has 0 saturated carbocycles. The van der Waals surface area contributed by atoms with Crippen LogP contribution >= 0.6 is 0 Å². The van der Waals surface area contributed by atoms with Crippen LogP contribution in [0.3, 0.4) is 0 Å². The summed E-state index contributed by atoms with van der Waals surface area (Å²) in [5.41, 5.74) is 3.28. The summed E-state index contributed by atoms with van der Waals surface area (Å²) in [6, 6.07) is 13.3. The second-order valence-electron chi connectivity index (χ2n) is 5.51. The minimum Gasteiger partial charge on any atom is -0.434 e. The second kappa shape index (κ2) is 7.15. The number of aryl methyl sites for hydroxylation is 1. The third-order valence-corrected chi connectivity index (χ3v) is 3.79. The summed E-state index contributed by atoms with van der Waals surface area (Å²) >= 11 is 0. The van der Waals surface area contributed by atoms with Crippen molar-refractivity contribution >= 4 is 6.29 Å². The van der Waals surface area contributed by atoms with Gasteiger partial charge in [-0.15, -0.1) is 0 Å². The lowest BCUT2D eigenvalue weighted by molar-refractivity contribution is -0.0500. The van der Waals surface area contributed by atoms with E-state index in [0.717, 1.165) is 11.3 Å². The summed E-state index contributed by atoms with van der Waals surface area (Å²) in [5, 5.41) is 13.3. The largest absolute Gasteiger partial charge is 0.434 e. The van der Waals surface area contributed by atoms with Crippen LogP contribution in [0.15, 0.2) is 48.7 Å². The van der Waals surface area contributed by atoms with E-state index in [-0.39, 0.29) is 11.3 Å². The molecule has 0 aliphatic heterocycles. The van der Waals surface area contributed by atoms with Crippen LogP contribution in [0.4, 0.5) is 8.78 Å². The fourth-order valence-corrected chi connectivity index (χ4v) is 2.54. The number of carbonyl (C=O) groups excluding carboxylic acids is 1. The highest BCUT2D eigenvalue weighted by Gasteiger charge is 2.14. The maximum Gasteiger partial charge on any atom is 0.387 e. The topological polar surface area (TPSA) is 67.9 Å². The molecule has 0 spiro atoms. The number of aromatic nitrogens is 2. The summed E-state index contributed by atoms with van der Waals surface area (Å²) in [6.07, 6.45) is 2.25. The minimum absolute atomic E-state index is 0.0400. The number of aldehydes is 1. The smallest absolute Gasteiger partial charge is 0.387 e. The van der Waals surface area contributed by atoms with Crippen LogP contribution < -0.4 is 4.74 Å². The van der Waals surface area contributed by atoms with Gasteiger partial charge in [0.15, 0.2) is 6.29 Å². The van der Waals surface area contributed by atoms with Gasteiger partial charge in [-0.3, -0.25) is 4.79 Å². The van der Waals surface area contributed by atoms with Crippen molar-refractivity contribution in [1.82, 2.24) is 9.78 Å². The van der Waals surface area contributed by atoms with Crippen LogP contribution in [-0.2, 0) is 0 Å². The van der Waals surface area contributed by atoms with Gasteiger partial charge in [0.05, 0.1) is 28.6 Å². The standard InChI is InChI=1S/C19H13F2N3O2/c1-12-10-24(16-6-2-13(9-22)3-7-16)23-18(12)14-4-5-15(11-25)17(8-14)26-19(20)21/h2-8,10-11,19H,1H3. The first kappa shape index (κ1) is 17.3. The zero-order valence-electron chi connectivity index (χ0n) is 13.7. The summed E-state index contributed by atoms with van der Waals surface area (Å²) < 4.78 is 31.2. The Hall–Kier alpha value is -3.53. The van der Waals surface area contributed by atoms with Gasteiger partial charge in [0, 0.05) is 11.8 Å². The van der Waals surface area contributed by atoms with Gasteiger partial charge in [-0.2, -0.15) is 19.1 Å². The Morgan fingerprint density at radius 3 is 2.58 bits per heavy atom. The Balaban J connectivity index is 2.01. The number of nitriles is 1. The molecule has 1 heterocycles. The molecule has 0 radical (unpaired) electrons. The average molecular weight is 353 g/mol. The molecule has 0 bridgehead atoms. The molecule has 0 fully saturated rings. The molecule has 0 atom stereocenters. The van der Waals surface area contributed by atoms with Crippen LogP contribution in [0, 0.1) is 18.3 Å². The Bertz CT molecular complexity index is 989. The highest BCUT2D eigenvalue weighted by Crippen LogP contribution is 2.29. The number of carbonyl (C=O) groups is 1. The quantitative estimate of drug-likeness (QED) is 0.647. The molecule has 0 aliphatic carbocycles. The van der Waals surface area contributed by atoms with Gasteiger partial charge in [-0.25, -0.2) is 4.68 Å². The first-order valence-corrected chi connectivity index (χ1v) is 7.63. The number of alkyl halides is 2. The third kappa shape index (κ3) is 3.44. The molecule has 0 aliphatic rings. The molecule has 0 N–H and O–H groups in total. The Kier molecular flexibility index (Phi) is 4.76. The molecule has 0 saturated heterocycles. The van der Waals surface area contributed by atoms with E-state index >= 15 is 0 Å². The lowest BCUT2D eigenvalue weighted by Gasteiger charge is -2.09. The average Bonchev–Trinajstić information content (AvgIpc) is 3.03. The molecule has 1 aromatic heterocycles. The Morgan fingerprint density at radius 1 is 1.23 bits per heavy atom. The molecule has 26 heavy (non-hydrogen) atoms. The van der Waals surface area contributed by atoms with Crippen molar-refractivity contribution in [1.29, 1.82) is 5.26 Å². The van der Waals surface area contributed by atoms with Gasteiger partial charge in [-0.1, -0.05) is 6.07 Å². The van der Waals surface area contributed by atoms with Gasteiger partial charge < -0.3 is 4.74 Å². The minimum atomic E-state index is -3.03. The SMILES string of the molecule is Cc1cn(-c2ccc(C#N)cc2)nc1-c1ccc(C=O)c(OC(F)F)c1. The third-order valence-electron chi connectivity index (χ3n) is 3.79. The molecule has 0 unspecified atom stereocenters. The maximum atomic E-state index is 12.6. The number of benzene rings is 2. The zero-order valence-corrected chi connectivity index (χ0v) is 13.7. The molecular weight excluding hydrogens is 340 g/mol. The van der Waals surface area contributed by atoms with E-state index in [1.165, 1.54) is 12.1 Å². The number of hydrogen-bond donors (Lipinski definition) is 0. The van der Waals surface area contributed by atoms with Crippen LogP contribution in [0.1, 0.15) is 21.5 Å². The number of halogens is 2. The van der Waals surface area contributed by atoms with Gasteiger partial charge in [0.25, 0.3) is 0 Å². The number of hydrogen-bond acceptors (Lipinski definition) is 4. The Labute approximate surface area is 148 Å². The molecule has 7 heteroatoms.